The highest BCUT2D eigenvalue weighted by Gasteiger charge is 2.31. The molecule has 3 saturated heterocycles. The number of rotatable bonds is 4. The van der Waals surface area contributed by atoms with Crippen LogP contribution in [0.15, 0.2) is 24.3 Å². The first-order valence-electron chi connectivity index (χ1n) is 9.26. The molecule has 6 nitrogen and oxygen atoms in total. The molecule has 1 aromatic rings. The number of hydrogen-bond acceptors (Lipinski definition) is 4. The largest absolute Gasteiger partial charge is 0.484 e. The standard InChI is InChI=1S/C19H25N3O3/c23-18-2-1-10-22(18)16-5-7-17(8-6-16)25-13-19(24)21-11-9-14-3-4-15(12-21)20-14/h5-8,14-15,20H,1-4,9-13H2. The van der Waals surface area contributed by atoms with Crippen LogP contribution < -0.4 is 15.0 Å². The fraction of sp³-hybridized carbons (Fsp3) is 0.579. The molecule has 0 radical (unpaired) electrons. The SMILES string of the molecule is O=C(COc1ccc(N2CCCC2=O)cc1)N1CCC2CCC(C1)N2. The van der Waals surface area contributed by atoms with E-state index in [-0.39, 0.29) is 18.4 Å². The first-order valence-corrected chi connectivity index (χ1v) is 9.26. The van der Waals surface area contributed by atoms with Gasteiger partial charge in [-0.3, -0.25) is 9.59 Å². The number of nitrogens with zero attached hydrogens (tertiary/aromatic N) is 2. The molecule has 2 bridgehead atoms. The maximum Gasteiger partial charge on any atom is 0.260 e. The topological polar surface area (TPSA) is 61.9 Å². The highest BCUT2D eigenvalue weighted by molar-refractivity contribution is 5.95. The summed E-state index contributed by atoms with van der Waals surface area (Å²) in [6.07, 6.45) is 4.96. The molecule has 3 aliphatic rings. The van der Waals surface area contributed by atoms with Crippen LogP contribution in [0.3, 0.4) is 0 Å². The van der Waals surface area contributed by atoms with Crippen molar-refractivity contribution in [1.82, 2.24) is 10.2 Å². The Kier molecular flexibility index (Phi) is 4.61. The van der Waals surface area contributed by atoms with E-state index in [0.29, 0.717) is 24.3 Å². The Morgan fingerprint density at radius 3 is 2.68 bits per heavy atom. The van der Waals surface area contributed by atoms with E-state index in [1.165, 1.54) is 6.42 Å². The van der Waals surface area contributed by atoms with Crippen molar-refractivity contribution < 1.29 is 14.3 Å². The fourth-order valence-corrected chi connectivity index (χ4v) is 4.05. The van der Waals surface area contributed by atoms with Gasteiger partial charge in [0.05, 0.1) is 0 Å². The van der Waals surface area contributed by atoms with Gasteiger partial charge in [-0.15, -0.1) is 0 Å². The maximum atomic E-state index is 12.4. The van der Waals surface area contributed by atoms with Gasteiger partial charge in [0, 0.05) is 43.8 Å². The number of benzene rings is 1. The van der Waals surface area contributed by atoms with Gasteiger partial charge in [0.2, 0.25) is 5.91 Å². The zero-order chi connectivity index (χ0) is 17.2. The number of carbonyl (C=O) groups is 2. The number of likely N-dealkylation sites (tertiary alicyclic amines) is 1. The number of carbonyl (C=O) groups excluding carboxylic acids is 2. The van der Waals surface area contributed by atoms with E-state index in [9.17, 15) is 9.59 Å². The van der Waals surface area contributed by atoms with Crippen molar-refractivity contribution in [3.05, 3.63) is 24.3 Å². The van der Waals surface area contributed by atoms with E-state index >= 15 is 0 Å². The van der Waals surface area contributed by atoms with Crippen molar-refractivity contribution in [2.75, 3.05) is 31.1 Å². The number of amides is 2. The molecule has 1 N–H and O–H groups in total. The Morgan fingerprint density at radius 2 is 1.92 bits per heavy atom. The zero-order valence-electron chi connectivity index (χ0n) is 14.4. The van der Waals surface area contributed by atoms with Gasteiger partial charge in [-0.05, 0) is 49.9 Å². The molecule has 4 rings (SSSR count). The molecule has 2 atom stereocenters. The Labute approximate surface area is 148 Å². The van der Waals surface area contributed by atoms with Crippen molar-refractivity contribution in [3.8, 4) is 5.75 Å². The third-order valence-corrected chi connectivity index (χ3v) is 5.46. The monoisotopic (exact) mass is 343 g/mol. The second kappa shape index (κ2) is 7.04. The number of nitrogens with one attached hydrogen (secondary N) is 1. The van der Waals surface area contributed by atoms with Gasteiger partial charge in [0.15, 0.2) is 6.61 Å². The number of hydrogen-bond donors (Lipinski definition) is 1. The minimum atomic E-state index is 0.0492. The lowest BCUT2D eigenvalue weighted by Gasteiger charge is -2.24. The summed E-state index contributed by atoms with van der Waals surface area (Å²) >= 11 is 0. The molecule has 3 aliphatic heterocycles. The number of fused-ring (bicyclic) bond motifs is 2. The van der Waals surface area contributed by atoms with Crippen molar-refractivity contribution in [2.24, 2.45) is 0 Å². The van der Waals surface area contributed by atoms with Crippen molar-refractivity contribution >= 4 is 17.5 Å². The van der Waals surface area contributed by atoms with Gasteiger partial charge < -0.3 is 19.9 Å². The van der Waals surface area contributed by atoms with E-state index in [0.717, 1.165) is 44.6 Å². The summed E-state index contributed by atoms with van der Waals surface area (Å²) in [5, 5.41) is 3.58. The summed E-state index contributed by atoms with van der Waals surface area (Å²) in [6.45, 7) is 2.45. The molecular weight excluding hydrogens is 318 g/mol. The molecule has 0 aliphatic carbocycles. The zero-order valence-corrected chi connectivity index (χ0v) is 14.4. The van der Waals surface area contributed by atoms with Crippen LogP contribution in [0.4, 0.5) is 5.69 Å². The molecule has 3 heterocycles. The summed E-state index contributed by atoms with van der Waals surface area (Å²) in [4.78, 5) is 27.9. The minimum absolute atomic E-state index is 0.0492. The molecule has 6 heteroatoms. The average molecular weight is 343 g/mol. The predicted octanol–water partition coefficient (Wildman–Crippen LogP) is 1.55. The van der Waals surface area contributed by atoms with E-state index in [2.05, 4.69) is 5.32 Å². The summed E-state index contributed by atoms with van der Waals surface area (Å²) in [5.41, 5.74) is 0.899. The first-order chi connectivity index (χ1) is 12.2. The Bertz CT molecular complexity index is 646. The van der Waals surface area contributed by atoms with Crippen LogP contribution in [0.5, 0.6) is 5.75 Å². The van der Waals surface area contributed by atoms with Crippen LogP contribution in [-0.2, 0) is 9.59 Å². The average Bonchev–Trinajstić information content (AvgIpc) is 3.18. The quantitative estimate of drug-likeness (QED) is 0.901. The molecule has 134 valence electrons. The number of ether oxygens (including phenoxy) is 1. The Morgan fingerprint density at radius 1 is 1.12 bits per heavy atom. The van der Waals surface area contributed by atoms with E-state index in [1.807, 2.05) is 29.2 Å². The van der Waals surface area contributed by atoms with Crippen molar-refractivity contribution in [1.29, 1.82) is 0 Å². The van der Waals surface area contributed by atoms with Crippen LogP contribution in [0.25, 0.3) is 0 Å². The molecule has 2 amide bonds. The van der Waals surface area contributed by atoms with Gasteiger partial charge in [0.1, 0.15) is 5.75 Å². The summed E-state index contributed by atoms with van der Waals surface area (Å²) in [7, 11) is 0. The van der Waals surface area contributed by atoms with Gasteiger partial charge >= 0.3 is 0 Å². The van der Waals surface area contributed by atoms with Gasteiger partial charge in [-0.1, -0.05) is 0 Å². The Balaban J connectivity index is 1.30. The second-order valence-electron chi connectivity index (χ2n) is 7.20. The van der Waals surface area contributed by atoms with E-state index in [1.54, 1.807) is 4.90 Å². The van der Waals surface area contributed by atoms with Crippen molar-refractivity contribution in [2.45, 2.75) is 44.2 Å². The maximum absolute atomic E-state index is 12.4. The predicted molar refractivity (Wildman–Crippen MR) is 94.7 cm³/mol. The van der Waals surface area contributed by atoms with E-state index < -0.39 is 0 Å². The summed E-state index contributed by atoms with van der Waals surface area (Å²) in [6, 6.07) is 8.45. The van der Waals surface area contributed by atoms with Gasteiger partial charge in [-0.2, -0.15) is 0 Å². The highest BCUT2D eigenvalue weighted by Crippen LogP contribution is 2.24. The molecule has 1 aromatic carbocycles. The molecule has 3 fully saturated rings. The molecule has 0 saturated carbocycles. The highest BCUT2D eigenvalue weighted by atomic mass is 16.5. The van der Waals surface area contributed by atoms with Crippen LogP contribution in [0.2, 0.25) is 0 Å². The normalized spacial score (nSPS) is 26.0. The molecular formula is C19H25N3O3. The Hall–Kier alpha value is -2.08. The van der Waals surface area contributed by atoms with Crippen LogP contribution in [-0.4, -0.2) is 55.0 Å². The summed E-state index contributed by atoms with van der Waals surface area (Å²) < 4.78 is 5.67. The third-order valence-electron chi connectivity index (χ3n) is 5.46. The number of anilines is 1. The molecule has 0 spiro atoms. The van der Waals surface area contributed by atoms with E-state index in [4.69, 9.17) is 4.74 Å². The van der Waals surface area contributed by atoms with Gasteiger partial charge in [0.25, 0.3) is 5.91 Å². The minimum Gasteiger partial charge on any atom is -0.484 e. The van der Waals surface area contributed by atoms with Crippen LogP contribution in [0, 0.1) is 0 Å². The first kappa shape index (κ1) is 16.4. The van der Waals surface area contributed by atoms with Crippen LogP contribution in [0.1, 0.15) is 32.1 Å². The van der Waals surface area contributed by atoms with Crippen LogP contribution >= 0.6 is 0 Å². The molecule has 2 unspecified atom stereocenters. The molecule has 0 aromatic heterocycles. The third kappa shape index (κ3) is 3.63. The smallest absolute Gasteiger partial charge is 0.260 e. The summed E-state index contributed by atoms with van der Waals surface area (Å²) in [5.74, 6) is 0.888. The lowest BCUT2D eigenvalue weighted by atomic mass is 10.1. The lowest BCUT2D eigenvalue weighted by molar-refractivity contribution is -0.133. The molecule has 25 heavy (non-hydrogen) atoms. The second-order valence-corrected chi connectivity index (χ2v) is 7.20. The van der Waals surface area contributed by atoms with Crippen molar-refractivity contribution in [3.63, 3.8) is 0 Å². The lowest BCUT2D eigenvalue weighted by Crippen LogP contribution is -2.41. The van der Waals surface area contributed by atoms with Gasteiger partial charge in [-0.25, -0.2) is 0 Å². The fourth-order valence-electron chi connectivity index (χ4n) is 4.05.